The van der Waals surface area contributed by atoms with Crippen LogP contribution in [0.3, 0.4) is 0 Å². The maximum atomic E-state index is 13.5. The predicted octanol–water partition coefficient (Wildman–Crippen LogP) is 4.41. The molecule has 2 nitrogen and oxygen atoms in total. The van der Waals surface area contributed by atoms with E-state index in [0.29, 0.717) is 11.8 Å². The van der Waals surface area contributed by atoms with Crippen LogP contribution in [0.25, 0.3) is 0 Å². The molecule has 1 aromatic carbocycles. The summed E-state index contributed by atoms with van der Waals surface area (Å²) in [5.41, 5.74) is 0.827. The molecule has 0 spiro atoms. The van der Waals surface area contributed by atoms with E-state index >= 15 is 0 Å². The van der Waals surface area contributed by atoms with Gasteiger partial charge in [-0.25, -0.2) is 8.78 Å². The first kappa shape index (κ1) is 13.4. The van der Waals surface area contributed by atoms with Gasteiger partial charge in [0.15, 0.2) is 11.6 Å². The van der Waals surface area contributed by atoms with Crippen LogP contribution < -0.4 is 4.74 Å². The molecule has 100 valence electrons. The zero-order valence-corrected chi connectivity index (χ0v) is 10.5. The number of rotatable bonds is 3. The molecule has 0 saturated heterocycles. The SMILES string of the molecule is CC(C)c1ccccc1Oc1nc(F)c(F)cc1F. The van der Waals surface area contributed by atoms with Gasteiger partial charge in [0.05, 0.1) is 0 Å². The van der Waals surface area contributed by atoms with Crippen molar-refractivity contribution >= 4 is 0 Å². The monoisotopic (exact) mass is 267 g/mol. The molecule has 2 aromatic rings. The molecule has 5 heteroatoms. The van der Waals surface area contributed by atoms with Crippen LogP contribution in [-0.2, 0) is 0 Å². The van der Waals surface area contributed by atoms with E-state index in [0.717, 1.165) is 5.56 Å². The van der Waals surface area contributed by atoms with Gasteiger partial charge < -0.3 is 4.74 Å². The maximum absolute atomic E-state index is 13.5. The summed E-state index contributed by atoms with van der Waals surface area (Å²) in [4.78, 5) is 3.13. The molecule has 0 fully saturated rings. The Hall–Kier alpha value is -2.04. The average molecular weight is 267 g/mol. The van der Waals surface area contributed by atoms with Gasteiger partial charge in [-0.3, -0.25) is 0 Å². The van der Waals surface area contributed by atoms with E-state index < -0.39 is 23.5 Å². The Bertz CT molecular complexity index is 599. The van der Waals surface area contributed by atoms with E-state index in [4.69, 9.17) is 4.74 Å². The molecule has 0 amide bonds. The summed E-state index contributed by atoms with van der Waals surface area (Å²) in [6.45, 7) is 3.88. The van der Waals surface area contributed by atoms with Crippen LogP contribution >= 0.6 is 0 Å². The highest BCUT2D eigenvalue weighted by Gasteiger charge is 2.15. The van der Waals surface area contributed by atoms with E-state index in [1.165, 1.54) is 0 Å². The molecular weight excluding hydrogens is 255 g/mol. The van der Waals surface area contributed by atoms with E-state index in [-0.39, 0.29) is 5.92 Å². The van der Waals surface area contributed by atoms with Crippen LogP contribution in [0, 0.1) is 17.6 Å². The van der Waals surface area contributed by atoms with Crippen molar-refractivity contribution in [1.82, 2.24) is 4.98 Å². The van der Waals surface area contributed by atoms with Gasteiger partial charge in [0, 0.05) is 6.07 Å². The summed E-state index contributed by atoms with van der Waals surface area (Å²) in [7, 11) is 0. The average Bonchev–Trinajstić information content (AvgIpc) is 2.36. The number of benzene rings is 1. The van der Waals surface area contributed by atoms with Gasteiger partial charge in [-0.1, -0.05) is 32.0 Å². The summed E-state index contributed by atoms with van der Waals surface area (Å²) in [5, 5.41) is 0. The number of hydrogen-bond acceptors (Lipinski definition) is 2. The number of aromatic nitrogens is 1. The van der Waals surface area contributed by atoms with Crippen molar-refractivity contribution in [3.8, 4) is 11.6 Å². The standard InChI is InChI=1S/C14H12F3NO/c1-8(2)9-5-3-4-6-12(9)19-14-11(16)7-10(15)13(17)18-14/h3-8H,1-2H3. The molecule has 1 heterocycles. The van der Waals surface area contributed by atoms with Crippen LogP contribution in [0.15, 0.2) is 30.3 Å². The van der Waals surface area contributed by atoms with Gasteiger partial charge >= 0.3 is 0 Å². The Balaban J connectivity index is 2.39. The Morgan fingerprint density at radius 1 is 1.05 bits per heavy atom. The third-order valence-corrected chi connectivity index (χ3v) is 2.60. The topological polar surface area (TPSA) is 22.1 Å². The lowest BCUT2D eigenvalue weighted by molar-refractivity contribution is 0.383. The van der Waals surface area contributed by atoms with Crippen molar-refractivity contribution in [3.05, 3.63) is 53.5 Å². The zero-order chi connectivity index (χ0) is 14.0. The number of halogens is 3. The smallest absolute Gasteiger partial charge is 0.258 e. The molecule has 0 unspecified atom stereocenters. The molecule has 0 aliphatic rings. The van der Waals surface area contributed by atoms with E-state index in [2.05, 4.69) is 4.98 Å². The minimum absolute atomic E-state index is 0.143. The second-order valence-electron chi connectivity index (χ2n) is 4.34. The van der Waals surface area contributed by atoms with Gasteiger partial charge in [0.25, 0.3) is 11.8 Å². The number of nitrogens with zero attached hydrogens (tertiary/aromatic N) is 1. The zero-order valence-electron chi connectivity index (χ0n) is 10.5. The largest absolute Gasteiger partial charge is 0.436 e. The minimum Gasteiger partial charge on any atom is -0.436 e. The van der Waals surface area contributed by atoms with Crippen molar-refractivity contribution in [2.75, 3.05) is 0 Å². The molecule has 1 aromatic heterocycles. The summed E-state index contributed by atoms with van der Waals surface area (Å²) in [5.74, 6) is -3.84. The number of ether oxygens (including phenoxy) is 1. The summed E-state index contributed by atoms with van der Waals surface area (Å²) in [6.07, 6.45) is 0. The van der Waals surface area contributed by atoms with Gasteiger partial charge in [0.1, 0.15) is 5.75 Å². The van der Waals surface area contributed by atoms with Crippen LogP contribution in [0.5, 0.6) is 11.6 Å². The van der Waals surface area contributed by atoms with Gasteiger partial charge in [-0.05, 0) is 17.5 Å². The first-order chi connectivity index (χ1) is 8.99. The van der Waals surface area contributed by atoms with Crippen LogP contribution in [-0.4, -0.2) is 4.98 Å². The first-order valence-corrected chi connectivity index (χ1v) is 5.77. The van der Waals surface area contributed by atoms with Crippen molar-refractivity contribution < 1.29 is 17.9 Å². The van der Waals surface area contributed by atoms with Crippen molar-refractivity contribution in [1.29, 1.82) is 0 Å². The highest BCUT2D eigenvalue weighted by atomic mass is 19.2. The second kappa shape index (κ2) is 5.30. The molecule has 2 rings (SSSR count). The Morgan fingerprint density at radius 2 is 1.74 bits per heavy atom. The van der Waals surface area contributed by atoms with Gasteiger partial charge in [-0.2, -0.15) is 9.37 Å². The molecule has 0 N–H and O–H groups in total. The first-order valence-electron chi connectivity index (χ1n) is 5.77. The van der Waals surface area contributed by atoms with Crippen LogP contribution in [0.1, 0.15) is 25.3 Å². The van der Waals surface area contributed by atoms with Crippen molar-refractivity contribution in [2.24, 2.45) is 0 Å². The lowest BCUT2D eigenvalue weighted by Gasteiger charge is -2.13. The number of para-hydroxylation sites is 1. The normalized spacial score (nSPS) is 10.8. The van der Waals surface area contributed by atoms with Crippen LogP contribution in [0.4, 0.5) is 13.2 Å². The Labute approximate surface area is 108 Å². The predicted molar refractivity (Wildman–Crippen MR) is 64.7 cm³/mol. The number of pyridine rings is 1. The summed E-state index contributed by atoms with van der Waals surface area (Å²) < 4.78 is 44.5. The van der Waals surface area contributed by atoms with Gasteiger partial charge in [0.2, 0.25) is 0 Å². The second-order valence-corrected chi connectivity index (χ2v) is 4.34. The maximum Gasteiger partial charge on any atom is 0.258 e. The summed E-state index contributed by atoms with van der Waals surface area (Å²) >= 11 is 0. The molecule has 0 radical (unpaired) electrons. The lowest BCUT2D eigenvalue weighted by atomic mass is 10.0. The van der Waals surface area contributed by atoms with Crippen LogP contribution in [0.2, 0.25) is 0 Å². The van der Waals surface area contributed by atoms with E-state index in [9.17, 15) is 13.2 Å². The third-order valence-electron chi connectivity index (χ3n) is 2.60. The van der Waals surface area contributed by atoms with E-state index in [1.807, 2.05) is 26.0 Å². The molecule has 0 atom stereocenters. The fraction of sp³-hybridized carbons (Fsp3) is 0.214. The lowest BCUT2D eigenvalue weighted by Crippen LogP contribution is -2.00. The molecule has 0 bridgehead atoms. The Morgan fingerprint density at radius 3 is 2.42 bits per heavy atom. The minimum atomic E-state index is -1.39. The fourth-order valence-corrected chi connectivity index (χ4v) is 1.65. The fourth-order valence-electron chi connectivity index (χ4n) is 1.65. The molecule has 0 aliphatic carbocycles. The van der Waals surface area contributed by atoms with Gasteiger partial charge in [-0.15, -0.1) is 0 Å². The molecule has 0 aliphatic heterocycles. The summed E-state index contributed by atoms with van der Waals surface area (Å²) in [6, 6.07) is 7.38. The van der Waals surface area contributed by atoms with E-state index in [1.54, 1.807) is 12.1 Å². The number of hydrogen-bond donors (Lipinski definition) is 0. The molecule has 0 saturated carbocycles. The highest BCUT2D eigenvalue weighted by Crippen LogP contribution is 2.30. The Kier molecular flexibility index (Phi) is 3.74. The van der Waals surface area contributed by atoms with Crippen molar-refractivity contribution in [3.63, 3.8) is 0 Å². The molecule has 19 heavy (non-hydrogen) atoms. The van der Waals surface area contributed by atoms with Crippen molar-refractivity contribution in [2.45, 2.75) is 19.8 Å². The molecular formula is C14H12F3NO. The third kappa shape index (κ3) is 2.86. The highest BCUT2D eigenvalue weighted by molar-refractivity contribution is 5.38. The quantitative estimate of drug-likeness (QED) is 0.768.